The SMILES string of the molecule is Cn1ncc(-c2ccnc(N3CCCC3)n2)c1C1CCCN1C(=O)C1CCCCC1. The van der Waals surface area contributed by atoms with Crippen LogP contribution in [0, 0.1) is 5.92 Å². The Morgan fingerprint density at radius 2 is 1.80 bits per heavy atom. The van der Waals surface area contributed by atoms with Gasteiger partial charge < -0.3 is 9.80 Å². The maximum atomic E-state index is 13.4. The van der Waals surface area contributed by atoms with E-state index in [9.17, 15) is 4.79 Å². The Hall–Kier alpha value is -2.44. The molecule has 1 aliphatic carbocycles. The smallest absolute Gasteiger partial charge is 0.226 e. The fourth-order valence-electron chi connectivity index (χ4n) is 5.51. The Kier molecular flexibility index (Phi) is 5.44. The van der Waals surface area contributed by atoms with Crippen LogP contribution in [0.3, 0.4) is 0 Å². The van der Waals surface area contributed by atoms with Gasteiger partial charge in [0, 0.05) is 44.4 Å². The number of rotatable bonds is 4. The van der Waals surface area contributed by atoms with Crippen LogP contribution in [0.25, 0.3) is 11.3 Å². The van der Waals surface area contributed by atoms with E-state index in [2.05, 4.69) is 19.9 Å². The third kappa shape index (κ3) is 3.59. The highest BCUT2D eigenvalue weighted by Gasteiger charge is 2.37. The van der Waals surface area contributed by atoms with Crippen molar-refractivity contribution in [3.8, 4) is 11.3 Å². The van der Waals surface area contributed by atoms with E-state index in [1.807, 2.05) is 30.2 Å². The molecule has 7 heteroatoms. The largest absolute Gasteiger partial charge is 0.341 e. The van der Waals surface area contributed by atoms with Crippen molar-refractivity contribution in [3.63, 3.8) is 0 Å². The Labute approximate surface area is 178 Å². The van der Waals surface area contributed by atoms with Crippen molar-refractivity contribution >= 4 is 11.9 Å². The summed E-state index contributed by atoms with van der Waals surface area (Å²) in [6.07, 6.45) is 13.9. The molecule has 3 fully saturated rings. The molecule has 2 aromatic heterocycles. The number of carbonyl (C=O) groups is 1. The molecule has 2 saturated heterocycles. The lowest BCUT2D eigenvalue weighted by Crippen LogP contribution is -2.37. The van der Waals surface area contributed by atoms with Gasteiger partial charge in [0.25, 0.3) is 0 Å². The number of likely N-dealkylation sites (tertiary alicyclic amines) is 1. The first-order chi connectivity index (χ1) is 14.7. The number of hydrogen-bond donors (Lipinski definition) is 0. The molecule has 2 aromatic rings. The predicted molar refractivity (Wildman–Crippen MR) is 116 cm³/mol. The average molecular weight is 409 g/mol. The van der Waals surface area contributed by atoms with E-state index in [0.29, 0.717) is 5.91 Å². The van der Waals surface area contributed by atoms with Crippen LogP contribution in [-0.2, 0) is 11.8 Å². The van der Waals surface area contributed by atoms with E-state index in [4.69, 9.17) is 4.98 Å². The fourth-order valence-corrected chi connectivity index (χ4v) is 5.51. The van der Waals surface area contributed by atoms with Crippen LogP contribution >= 0.6 is 0 Å². The minimum Gasteiger partial charge on any atom is -0.341 e. The van der Waals surface area contributed by atoms with Crippen LogP contribution in [0.15, 0.2) is 18.5 Å². The molecule has 0 radical (unpaired) electrons. The van der Waals surface area contributed by atoms with E-state index in [-0.39, 0.29) is 12.0 Å². The molecule has 1 unspecified atom stereocenters. The van der Waals surface area contributed by atoms with Gasteiger partial charge in [-0.3, -0.25) is 9.48 Å². The van der Waals surface area contributed by atoms with Crippen molar-refractivity contribution in [2.24, 2.45) is 13.0 Å². The van der Waals surface area contributed by atoms with Crippen LogP contribution in [0.1, 0.15) is 69.5 Å². The minimum absolute atomic E-state index is 0.0899. The van der Waals surface area contributed by atoms with Crippen molar-refractivity contribution in [1.82, 2.24) is 24.6 Å². The lowest BCUT2D eigenvalue weighted by Gasteiger charge is -2.31. The number of amides is 1. The van der Waals surface area contributed by atoms with E-state index < -0.39 is 0 Å². The second-order valence-electron chi connectivity index (χ2n) is 9.03. The molecule has 2 aliphatic heterocycles. The second-order valence-corrected chi connectivity index (χ2v) is 9.03. The standard InChI is InChI=1S/C23H32N6O/c1-27-21(20-10-7-15-29(20)22(30)17-8-3-2-4-9-17)18(16-25-27)19-11-12-24-23(26-19)28-13-5-6-14-28/h11-12,16-17,20H,2-10,13-15H2,1H3. The molecule has 7 nitrogen and oxygen atoms in total. The molecular formula is C23H32N6O. The summed E-state index contributed by atoms with van der Waals surface area (Å²) >= 11 is 0. The monoisotopic (exact) mass is 408 g/mol. The van der Waals surface area contributed by atoms with Crippen molar-refractivity contribution in [1.29, 1.82) is 0 Å². The molecule has 1 atom stereocenters. The molecule has 1 saturated carbocycles. The van der Waals surface area contributed by atoms with E-state index in [1.54, 1.807) is 0 Å². The summed E-state index contributed by atoms with van der Waals surface area (Å²) in [5.74, 6) is 1.36. The highest BCUT2D eigenvalue weighted by molar-refractivity contribution is 5.80. The first kappa shape index (κ1) is 19.5. The second kappa shape index (κ2) is 8.36. The molecule has 4 heterocycles. The van der Waals surface area contributed by atoms with Gasteiger partial charge in [0.1, 0.15) is 0 Å². The summed E-state index contributed by atoms with van der Waals surface area (Å²) in [6.45, 7) is 2.90. The van der Waals surface area contributed by atoms with Crippen LogP contribution in [-0.4, -0.2) is 50.2 Å². The van der Waals surface area contributed by atoms with E-state index in [0.717, 1.165) is 68.2 Å². The summed E-state index contributed by atoms with van der Waals surface area (Å²) < 4.78 is 1.95. The average Bonchev–Trinajstić information content (AvgIpc) is 3.54. The van der Waals surface area contributed by atoms with Gasteiger partial charge in [-0.05, 0) is 44.6 Å². The maximum Gasteiger partial charge on any atom is 0.226 e. The topological polar surface area (TPSA) is 67.2 Å². The summed E-state index contributed by atoms with van der Waals surface area (Å²) in [7, 11) is 1.99. The van der Waals surface area contributed by atoms with Crippen LogP contribution in [0.4, 0.5) is 5.95 Å². The first-order valence-electron chi connectivity index (χ1n) is 11.6. The number of hydrogen-bond acceptors (Lipinski definition) is 5. The molecule has 3 aliphatic rings. The molecule has 0 N–H and O–H groups in total. The van der Waals surface area contributed by atoms with Gasteiger partial charge in [0.2, 0.25) is 11.9 Å². The highest BCUT2D eigenvalue weighted by atomic mass is 16.2. The summed E-state index contributed by atoms with van der Waals surface area (Å²) in [6, 6.07) is 2.06. The molecule has 0 spiro atoms. The normalized spacial score (nSPS) is 22.8. The van der Waals surface area contributed by atoms with Crippen LogP contribution in [0.2, 0.25) is 0 Å². The van der Waals surface area contributed by atoms with Gasteiger partial charge >= 0.3 is 0 Å². The number of anilines is 1. The first-order valence-corrected chi connectivity index (χ1v) is 11.6. The van der Waals surface area contributed by atoms with Crippen molar-refractivity contribution in [3.05, 3.63) is 24.2 Å². The Bertz CT molecular complexity index is 897. The summed E-state index contributed by atoms with van der Waals surface area (Å²) in [5.41, 5.74) is 3.06. The van der Waals surface area contributed by atoms with Gasteiger partial charge in [-0.15, -0.1) is 0 Å². The zero-order valence-electron chi connectivity index (χ0n) is 18.0. The molecule has 5 rings (SSSR count). The van der Waals surface area contributed by atoms with Gasteiger partial charge in [-0.1, -0.05) is 19.3 Å². The molecule has 0 aromatic carbocycles. The lowest BCUT2D eigenvalue weighted by atomic mass is 9.88. The van der Waals surface area contributed by atoms with Crippen LogP contribution in [0.5, 0.6) is 0 Å². The van der Waals surface area contributed by atoms with E-state index >= 15 is 0 Å². The van der Waals surface area contributed by atoms with E-state index in [1.165, 1.54) is 32.1 Å². The van der Waals surface area contributed by atoms with Gasteiger partial charge in [0.05, 0.1) is 23.6 Å². The number of aromatic nitrogens is 4. The quantitative estimate of drug-likeness (QED) is 0.771. The fraction of sp³-hybridized carbons (Fsp3) is 0.652. The molecular weight excluding hydrogens is 376 g/mol. The Balaban J connectivity index is 1.45. The zero-order chi connectivity index (χ0) is 20.5. The molecule has 0 bridgehead atoms. The summed E-state index contributed by atoms with van der Waals surface area (Å²) in [5, 5.41) is 4.58. The number of aryl methyl sites for hydroxylation is 1. The van der Waals surface area contributed by atoms with Gasteiger partial charge in [0.15, 0.2) is 0 Å². The van der Waals surface area contributed by atoms with Gasteiger partial charge in [-0.25, -0.2) is 9.97 Å². The Morgan fingerprint density at radius 3 is 2.60 bits per heavy atom. The third-order valence-electron chi connectivity index (χ3n) is 7.10. The van der Waals surface area contributed by atoms with Crippen molar-refractivity contribution in [2.75, 3.05) is 24.5 Å². The minimum atomic E-state index is 0.0899. The highest BCUT2D eigenvalue weighted by Crippen LogP contribution is 2.39. The third-order valence-corrected chi connectivity index (χ3v) is 7.10. The van der Waals surface area contributed by atoms with Crippen molar-refractivity contribution in [2.45, 2.75) is 63.8 Å². The van der Waals surface area contributed by atoms with Crippen molar-refractivity contribution < 1.29 is 4.79 Å². The molecule has 160 valence electrons. The number of carbonyl (C=O) groups excluding carboxylic acids is 1. The predicted octanol–water partition coefficient (Wildman–Crippen LogP) is 3.72. The number of nitrogens with zero attached hydrogens (tertiary/aromatic N) is 6. The molecule has 30 heavy (non-hydrogen) atoms. The van der Waals surface area contributed by atoms with Gasteiger partial charge in [-0.2, -0.15) is 5.10 Å². The summed E-state index contributed by atoms with van der Waals surface area (Å²) in [4.78, 5) is 27.1. The van der Waals surface area contributed by atoms with Crippen LogP contribution < -0.4 is 4.90 Å². The zero-order valence-corrected chi connectivity index (χ0v) is 18.0. The maximum absolute atomic E-state index is 13.4. The molecule has 1 amide bonds. The Morgan fingerprint density at radius 1 is 1.00 bits per heavy atom. The lowest BCUT2D eigenvalue weighted by molar-refractivity contribution is -0.137.